The highest BCUT2D eigenvalue weighted by Crippen LogP contribution is 2.42. The molecule has 0 fully saturated rings. The Bertz CT molecular complexity index is 1800. The maximum absolute atomic E-state index is 14.2. The van der Waals surface area contributed by atoms with Crippen molar-refractivity contribution in [1.29, 1.82) is 0 Å². The number of hydrogen-bond donors (Lipinski definition) is 0. The number of nitrogens with zero attached hydrogens (tertiary/aromatic N) is 2. The first kappa shape index (κ1) is 37.5. The van der Waals surface area contributed by atoms with Gasteiger partial charge in [0.15, 0.2) is 0 Å². The van der Waals surface area contributed by atoms with Crippen LogP contribution in [0.3, 0.4) is 0 Å². The van der Waals surface area contributed by atoms with E-state index in [0.29, 0.717) is 32.0 Å². The van der Waals surface area contributed by atoms with Crippen LogP contribution in [-0.2, 0) is 22.7 Å². The molecule has 2 aromatic carbocycles. The molecule has 2 aromatic heterocycles. The van der Waals surface area contributed by atoms with Crippen LogP contribution in [0.1, 0.15) is 43.8 Å². The van der Waals surface area contributed by atoms with Gasteiger partial charge in [-0.3, -0.25) is 9.59 Å². The fraction of sp³-hybridized carbons (Fsp3) is 0.235. The molecule has 0 radical (unpaired) electrons. The lowest BCUT2D eigenvalue weighted by Crippen LogP contribution is -2.37. The predicted molar refractivity (Wildman–Crippen MR) is 176 cm³/mol. The molecule has 4 aromatic rings. The van der Waals surface area contributed by atoms with Crippen molar-refractivity contribution in [3.8, 4) is 0 Å². The summed E-state index contributed by atoms with van der Waals surface area (Å²) in [5.74, 6) is -3.35. The third-order valence-corrected chi connectivity index (χ3v) is 10.4. The molecule has 2 amide bonds. The van der Waals surface area contributed by atoms with Crippen molar-refractivity contribution in [3.05, 3.63) is 137 Å². The SMILES string of the molecule is O=C(/C=C/C(F)(F)F)N1Cc2sc(Cl)cc2[C@@H](c2ccccc2F)C1.O=C(/C=C/C(F)(F)F)N1Cc2sc(Cl)cc2[C@H](c2ccccc2F)C1. The van der Waals surface area contributed by atoms with Gasteiger partial charge in [-0.2, -0.15) is 26.3 Å². The lowest BCUT2D eigenvalue weighted by molar-refractivity contribution is -0.128. The van der Waals surface area contributed by atoms with E-state index in [0.717, 1.165) is 20.9 Å². The number of rotatable bonds is 4. The predicted octanol–water partition coefficient (Wildman–Crippen LogP) is 10.3. The highest BCUT2D eigenvalue weighted by Gasteiger charge is 2.34. The van der Waals surface area contributed by atoms with Crippen LogP contribution in [0.15, 0.2) is 85.0 Å². The lowest BCUT2D eigenvalue weighted by Gasteiger charge is -2.32. The Balaban J connectivity index is 0.000000194. The summed E-state index contributed by atoms with van der Waals surface area (Å²) in [5.41, 5.74) is 2.39. The summed E-state index contributed by atoms with van der Waals surface area (Å²) >= 11 is 14.6. The molecule has 0 aliphatic carbocycles. The van der Waals surface area contributed by atoms with Gasteiger partial charge in [0.05, 0.1) is 21.8 Å². The average molecular weight is 780 g/mol. The van der Waals surface area contributed by atoms with E-state index in [1.165, 1.54) is 44.6 Å². The summed E-state index contributed by atoms with van der Waals surface area (Å²) in [6.45, 7) is 0.474. The number of carbonyl (C=O) groups excluding carboxylic acids is 2. The molecular weight excluding hydrogens is 755 g/mol. The summed E-state index contributed by atoms with van der Waals surface area (Å²) < 4.78 is 103. The zero-order valence-corrected chi connectivity index (χ0v) is 28.5. The fourth-order valence-electron chi connectivity index (χ4n) is 5.69. The van der Waals surface area contributed by atoms with Gasteiger partial charge in [-0.05, 0) is 46.5 Å². The first-order chi connectivity index (χ1) is 23.5. The zero-order chi connectivity index (χ0) is 36.4. The summed E-state index contributed by atoms with van der Waals surface area (Å²) in [6, 6.07) is 15.8. The van der Waals surface area contributed by atoms with E-state index in [1.54, 1.807) is 48.5 Å². The number of benzene rings is 2. The Hall–Kier alpha value is -3.72. The number of thiophene rings is 2. The topological polar surface area (TPSA) is 40.6 Å². The molecule has 0 saturated carbocycles. The molecule has 0 N–H and O–H groups in total. The minimum absolute atomic E-state index is 0.0853. The summed E-state index contributed by atoms with van der Waals surface area (Å²) in [6.07, 6.45) is -8.31. The number of alkyl halides is 6. The van der Waals surface area contributed by atoms with E-state index < -0.39 is 47.6 Å². The minimum atomic E-state index is -4.56. The molecule has 0 unspecified atom stereocenters. The molecule has 0 spiro atoms. The molecular formula is C34H24Cl2F8N2O2S2. The fourth-order valence-corrected chi connectivity index (χ4v) is 8.41. The Kier molecular flexibility index (Phi) is 11.5. The van der Waals surface area contributed by atoms with Gasteiger partial charge in [0.2, 0.25) is 11.8 Å². The van der Waals surface area contributed by atoms with Gasteiger partial charge in [-0.1, -0.05) is 59.6 Å². The Morgan fingerprint density at radius 1 is 0.640 bits per heavy atom. The Morgan fingerprint density at radius 3 is 1.34 bits per heavy atom. The van der Waals surface area contributed by atoms with E-state index in [2.05, 4.69) is 0 Å². The van der Waals surface area contributed by atoms with Crippen molar-refractivity contribution < 1.29 is 44.7 Å². The molecule has 2 aliphatic heterocycles. The van der Waals surface area contributed by atoms with E-state index >= 15 is 0 Å². The quantitative estimate of drug-likeness (QED) is 0.153. The van der Waals surface area contributed by atoms with Gasteiger partial charge in [0, 0.05) is 59.0 Å². The van der Waals surface area contributed by atoms with Crippen molar-refractivity contribution >= 4 is 57.7 Å². The largest absolute Gasteiger partial charge is 0.409 e. The molecule has 50 heavy (non-hydrogen) atoms. The van der Waals surface area contributed by atoms with Gasteiger partial charge >= 0.3 is 12.4 Å². The summed E-state index contributed by atoms with van der Waals surface area (Å²) in [4.78, 5) is 28.3. The van der Waals surface area contributed by atoms with Gasteiger partial charge in [0.25, 0.3) is 0 Å². The second-order valence-corrected chi connectivity index (χ2v) is 14.7. The Morgan fingerprint density at radius 2 is 1.00 bits per heavy atom. The molecule has 16 heteroatoms. The molecule has 264 valence electrons. The van der Waals surface area contributed by atoms with Crippen molar-refractivity contribution in [2.75, 3.05) is 13.1 Å². The van der Waals surface area contributed by atoms with Crippen molar-refractivity contribution in [2.24, 2.45) is 0 Å². The van der Waals surface area contributed by atoms with Crippen LogP contribution in [0.4, 0.5) is 35.1 Å². The summed E-state index contributed by atoms with van der Waals surface area (Å²) in [5, 5.41) is 0. The maximum atomic E-state index is 14.2. The van der Waals surface area contributed by atoms with Crippen LogP contribution in [0, 0.1) is 11.6 Å². The van der Waals surface area contributed by atoms with E-state index in [1.807, 2.05) is 0 Å². The molecule has 0 saturated heterocycles. The van der Waals surface area contributed by atoms with Gasteiger partial charge in [-0.15, -0.1) is 22.7 Å². The van der Waals surface area contributed by atoms with Gasteiger partial charge in [0.1, 0.15) is 11.6 Å². The minimum Gasteiger partial charge on any atom is -0.333 e. The number of amides is 2. The number of allylic oxidation sites excluding steroid dienone is 2. The summed E-state index contributed by atoms with van der Waals surface area (Å²) in [7, 11) is 0. The van der Waals surface area contributed by atoms with Crippen LogP contribution in [-0.4, -0.2) is 47.1 Å². The Labute approximate surface area is 298 Å². The monoisotopic (exact) mass is 778 g/mol. The van der Waals surface area contributed by atoms with Gasteiger partial charge in [-0.25, -0.2) is 8.78 Å². The molecule has 2 atom stereocenters. The van der Waals surface area contributed by atoms with E-state index in [4.69, 9.17) is 23.2 Å². The van der Waals surface area contributed by atoms with Gasteiger partial charge < -0.3 is 9.80 Å². The van der Waals surface area contributed by atoms with Crippen molar-refractivity contribution in [3.63, 3.8) is 0 Å². The number of halogens is 10. The van der Waals surface area contributed by atoms with Crippen molar-refractivity contribution in [1.82, 2.24) is 9.80 Å². The molecule has 6 rings (SSSR count). The smallest absolute Gasteiger partial charge is 0.333 e. The highest BCUT2D eigenvalue weighted by molar-refractivity contribution is 7.16. The van der Waals surface area contributed by atoms with Crippen LogP contribution in [0.2, 0.25) is 8.67 Å². The first-order valence-electron chi connectivity index (χ1n) is 14.6. The van der Waals surface area contributed by atoms with Crippen LogP contribution in [0.5, 0.6) is 0 Å². The van der Waals surface area contributed by atoms with E-state index in [9.17, 15) is 44.7 Å². The number of fused-ring (bicyclic) bond motifs is 2. The zero-order valence-electron chi connectivity index (χ0n) is 25.4. The second kappa shape index (κ2) is 15.3. The molecule has 4 heterocycles. The van der Waals surface area contributed by atoms with Crippen LogP contribution < -0.4 is 0 Å². The lowest BCUT2D eigenvalue weighted by atomic mass is 9.88. The highest BCUT2D eigenvalue weighted by atomic mass is 35.5. The molecule has 2 aliphatic rings. The maximum Gasteiger partial charge on any atom is 0.409 e. The third-order valence-electron chi connectivity index (χ3n) is 7.86. The second-order valence-electron chi connectivity index (χ2n) is 11.2. The van der Waals surface area contributed by atoms with E-state index in [-0.39, 0.29) is 38.3 Å². The standard InChI is InChI=1S/2C17H12ClF4NOS/c2*18-15-7-11-12(10-3-1-2-4-13(10)19)8-23(9-14(11)25-15)16(24)5-6-17(20,21)22/h2*1-7,12H,8-9H2/b2*6-5+/t2*12-/m10/s1. The average Bonchev–Trinajstić information content (AvgIpc) is 3.62. The molecule has 4 nitrogen and oxygen atoms in total. The number of carbonyl (C=O) groups is 2. The van der Waals surface area contributed by atoms with Crippen LogP contribution in [0.25, 0.3) is 0 Å². The van der Waals surface area contributed by atoms with Crippen LogP contribution >= 0.6 is 45.9 Å². The normalized spacial score (nSPS) is 17.8. The van der Waals surface area contributed by atoms with Crippen molar-refractivity contribution in [2.45, 2.75) is 37.3 Å². The first-order valence-corrected chi connectivity index (χ1v) is 17.0. The third kappa shape index (κ3) is 9.33. The molecule has 0 bridgehead atoms. The number of hydrogen-bond acceptors (Lipinski definition) is 4.